The normalized spacial score (nSPS) is 12.4. The fourth-order valence-electron chi connectivity index (χ4n) is 3.08. The van der Waals surface area contributed by atoms with Gasteiger partial charge in [-0.3, -0.25) is 9.10 Å². The summed E-state index contributed by atoms with van der Waals surface area (Å²) in [7, 11) is -3.63. The Balaban J connectivity index is 2.18. The van der Waals surface area contributed by atoms with Gasteiger partial charge in [-0.1, -0.05) is 44.2 Å². The molecular weight excluding hydrogens is 388 g/mol. The highest BCUT2D eigenvalue weighted by Gasteiger charge is 2.23. The lowest BCUT2D eigenvalue weighted by Crippen LogP contribution is -2.41. The number of nitrogens with zero attached hydrogens (tertiary/aromatic N) is 1. The molecule has 0 saturated heterocycles. The maximum Gasteiger partial charge on any atom is 0.241 e. The highest BCUT2D eigenvalue weighted by molar-refractivity contribution is 7.92. The quantitative estimate of drug-likeness (QED) is 0.637. The zero-order valence-electron chi connectivity index (χ0n) is 17.5. The molecule has 0 spiro atoms. The minimum Gasteiger partial charge on any atom is -0.494 e. The second kappa shape index (κ2) is 10.3. The van der Waals surface area contributed by atoms with Crippen LogP contribution in [-0.2, 0) is 14.8 Å². The lowest BCUT2D eigenvalue weighted by Gasteiger charge is -2.25. The van der Waals surface area contributed by atoms with E-state index >= 15 is 0 Å². The Kier molecular flexibility index (Phi) is 8.08. The van der Waals surface area contributed by atoms with Crippen molar-refractivity contribution in [1.82, 2.24) is 5.32 Å². The van der Waals surface area contributed by atoms with Gasteiger partial charge in [-0.05, 0) is 49.1 Å². The van der Waals surface area contributed by atoms with Crippen LogP contribution >= 0.6 is 0 Å². The molecule has 0 aliphatic carbocycles. The Hall–Kier alpha value is -2.54. The molecular formula is C22H30N2O4S. The number of carbonyl (C=O) groups is 1. The average molecular weight is 419 g/mol. The number of anilines is 1. The molecule has 0 saturated carbocycles. The van der Waals surface area contributed by atoms with Crippen LogP contribution in [0.5, 0.6) is 5.75 Å². The second-order valence-corrected chi connectivity index (χ2v) is 9.26. The molecule has 0 radical (unpaired) electrons. The van der Waals surface area contributed by atoms with Crippen molar-refractivity contribution in [3.63, 3.8) is 0 Å². The molecule has 158 valence electrons. The van der Waals surface area contributed by atoms with Crippen molar-refractivity contribution in [2.75, 3.05) is 23.7 Å². The summed E-state index contributed by atoms with van der Waals surface area (Å²) in [6, 6.07) is 16.2. The van der Waals surface area contributed by atoms with Gasteiger partial charge in [-0.25, -0.2) is 8.42 Å². The Bertz CT molecular complexity index is 881. The number of amides is 1. The van der Waals surface area contributed by atoms with Gasteiger partial charge >= 0.3 is 0 Å². The van der Waals surface area contributed by atoms with Crippen molar-refractivity contribution in [3.8, 4) is 5.75 Å². The van der Waals surface area contributed by atoms with Gasteiger partial charge in [0.05, 0.1) is 24.6 Å². The SMILES string of the molecule is CCOc1ccc(N(CC(=O)N[C@H](CC(C)C)c2ccccc2)S(C)(=O)=O)cc1. The van der Waals surface area contributed by atoms with Gasteiger partial charge in [0, 0.05) is 0 Å². The number of sulfonamides is 1. The third-order valence-corrected chi connectivity index (χ3v) is 5.51. The fraction of sp³-hybridized carbons (Fsp3) is 0.409. The van der Waals surface area contributed by atoms with E-state index < -0.39 is 10.0 Å². The summed E-state index contributed by atoms with van der Waals surface area (Å²) >= 11 is 0. The predicted octanol–water partition coefficient (Wildman–Crippen LogP) is 3.75. The molecule has 1 atom stereocenters. The van der Waals surface area contributed by atoms with E-state index in [4.69, 9.17) is 4.74 Å². The van der Waals surface area contributed by atoms with Gasteiger partial charge in [-0.2, -0.15) is 0 Å². The summed E-state index contributed by atoms with van der Waals surface area (Å²) in [5.74, 6) is 0.673. The Morgan fingerprint density at radius 2 is 1.69 bits per heavy atom. The van der Waals surface area contributed by atoms with E-state index in [1.54, 1.807) is 24.3 Å². The van der Waals surface area contributed by atoms with Gasteiger partial charge in [0.25, 0.3) is 0 Å². The van der Waals surface area contributed by atoms with E-state index in [1.165, 1.54) is 0 Å². The summed E-state index contributed by atoms with van der Waals surface area (Å²) in [5, 5.41) is 3.00. The number of nitrogens with one attached hydrogen (secondary N) is 1. The number of hydrogen-bond donors (Lipinski definition) is 1. The van der Waals surface area contributed by atoms with Gasteiger partial charge < -0.3 is 10.1 Å². The lowest BCUT2D eigenvalue weighted by atomic mass is 9.97. The molecule has 1 amide bonds. The van der Waals surface area contributed by atoms with Crippen LogP contribution in [0.2, 0.25) is 0 Å². The van der Waals surface area contributed by atoms with Crippen molar-refractivity contribution >= 4 is 21.6 Å². The summed E-state index contributed by atoms with van der Waals surface area (Å²) in [5.41, 5.74) is 1.42. The first-order valence-electron chi connectivity index (χ1n) is 9.75. The molecule has 29 heavy (non-hydrogen) atoms. The van der Waals surface area contributed by atoms with E-state index in [0.717, 1.165) is 22.5 Å². The molecule has 2 aromatic carbocycles. The Labute approximate surface area is 173 Å². The van der Waals surface area contributed by atoms with Crippen LogP contribution in [0.4, 0.5) is 5.69 Å². The minimum absolute atomic E-state index is 0.176. The van der Waals surface area contributed by atoms with E-state index in [-0.39, 0.29) is 18.5 Å². The first kappa shape index (κ1) is 22.7. The number of hydrogen-bond acceptors (Lipinski definition) is 4. The minimum atomic E-state index is -3.63. The van der Waals surface area contributed by atoms with Crippen LogP contribution in [0.1, 0.15) is 38.8 Å². The van der Waals surface area contributed by atoms with E-state index in [2.05, 4.69) is 19.2 Å². The number of benzene rings is 2. The lowest BCUT2D eigenvalue weighted by molar-refractivity contribution is -0.120. The maximum absolute atomic E-state index is 12.8. The third-order valence-electron chi connectivity index (χ3n) is 4.37. The first-order valence-corrected chi connectivity index (χ1v) is 11.6. The van der Waals surface area contributed by atoms with Crippen LogP contribution in [0, 0.1) is 5.92 Å². The molecule has 0 heterocycles. The van der Waals surface area contributed by atoms with Crippen LogP contribution in [0.25, 0.3) is 0 Å². The highest BCUT2D eigenvalue weighted by Crippen LogP contribution is 2.23. The van der Waals surface area contributed by atoms with E-state index in [1.807, 2.05) is 37.3 Å². The highest BCUT2D eigenvalue weighted by atomic mass is 32.2. The average Bonchev–Trinajstić information content (AvgIpc) is 2.66. The molecule has 6 nitrogen and oxygen atoms in total. The van der Waals surface area contributed by atoms with Gasteiger partial charge in [0.2, 0.25) is 15.9 Å². The number of ether oxygens (including phenoxy) is 1. The summed E-state index contributed by atoms with van der Waals surface area (Å²) < 4.78 is 31.2. The third kappa shape index (κ3) is 7.09. The molecule has 1 N–H and O–H groups in total. The summed E-state index contributed by atoms with van der Waals surface area (Å²) in [6.45, 7) is 6.29. The molecule has 0 aromatic heterocycles. The number of rotatable bonds is 10. The van der Waals surface area contributed by atoms with Gasteiger partial charge in [0.15, 0.2) is 0 Å². The van der Waals surface area contributed by atoms with Crippen molar-refractivity contribution in [2.45, 2.75) is 33.2 Å². The number of carbonyl (C=O) groups excluding carboxylic acids is 1. The first-order chi connectivity index (χ1) is 13.7. The van der Waals surface area contributed by atoms with Gasteiger partial charge in [-0.15, -0.1) is 0 Å². The van der Waals surface area contributed by atoms with E-state index in [9.17, 15) is 13.2 Å². The molecule has 0 bridgehead atoms. The molecule has 2 aromatic rings. The zero-order chi connectivity index (χ0) is 21.4. The van der Waals surface area contributed by atoms with Crippen LogP contribution in [-0.4, -0.2) is 33.7 Å². The molecule has 0 aliphatic heterocycles. The predicted molar refractivity (Wildman–Crippen MR) is 117 cm³/mol. The van der Waals surface area contributed by atoms with Gasteiger partial charge in [0.1, 0.15) is 12.3 Å². The largest absolute Gasteiger partial charge is 0.494 e. The fourth-order valence-corrected chi connectivity index (χ4v) is 3.94. The van der Waals surface area contributed by atoms with Crippen LogP contribution in [0.15, 0.2) is 54.6 Å². The topological polar surface area (TPSA) is 75.7 Å². The monoisotopic (exact) mass is 418 g/mol. The van der Waals surface area contributed by atoms with Crippen molar-refractivity contribution < 1.29 is 17.9 Å². The second-order valence-electron chi connectivity index (χ2n) is 7.36. The Morgan fingerprint density at radius 3 is 2.21 bits per heavy atom. The summed E-state index contributed by atoms with van der Waals surface area (Å²) in [6.07, 6.45) is 1.86. The van der Waals surface area contributed by atoms with Crippen molar-refractivity contribution in [2.24, 2.45) is 5.92 Å². The molecule has 0 fully saturated rings. The van der Waals surface area contributed by atoms with E-state index in [0.29, 0.717) is 24.0 Å². The molecule has 0 aliphatic rings. The maximum atomic E-state index is 12.8. The standard InChI is InChI=1S/C22H30N2O4S/c1-5-28-20-13-11-19(12-14-20)24(29(4,26)27)16-22(25)23-21(15-17(2)3)18-9-7-6-8-10-18/h6-14,17,21H,5,15-16H2,1-4H3,(H,23,25)/t21-/m1/s1. The zero-order valence-corrected chi connectivity index (χ0v) is 18.3. The molecule has 0 unspecified atom stereocenters. The van der Waals surface area contributed by atoms with Crippen molar-refractivity contribution in [1.29, 1.82) is 0 Å². The summed E-state index contributed by atoms with van der Waals surface area (Å²) in [4.78, 5) is 12.8. The van der Waals surface area contributed by atoms with Crippen LogP contribution in [0.3, 0.4) is 0 Å². The molecule has 2 rings (SSSR count). The smallest absolute Gasteiger partial charge is 0.241 e. The van der Waals surface area contributed by atoms with Crippen molar-refractivity contribution in [3.05, 3.63) is 60.2 Å². The molecule has 7 heteroatoms. The Morgan fingerprint density at radius 1 is 1.07 bits per heavy atom. The van der Waals surface area contributed by atoms with Crippen LogP contribution < -0.4 is 14.4 Å².